The second-order valence-corrected chi connectivity index (χ2v) is 7.77. The Morgan fingerprint density at radius 3 is 2.65 bits per heavy atom. The van der Waals surface area contributed by atoms with Crippen molar-refractivity contribution >= 4 is 29.9 Å². The van der Waals surface area contributed by atoms with Gasteiger partial charge in [0.25, 0.3) is 0 Å². The molecule has 0 aliphatic carbocycles. The van der Waals surface area contributed by atoms with Crippen LogP contribution in [-0.2, 0) is 6.54 Å². The minimum absolute atomic E-state index is 0. The van der Waals surface area contributed by atoms with Crippen LogP contribution >= 0.6 is 24.0 Å². The lowest BCUT2D eigenvalue weighted by Crippen LogP contribution is -2.40. The fraction of sp³-hybridized carbons (Fsp3) is 0.650. The van der Waals surface area contributed by atoms with Gasteiger partial charge < -0.3 is 19.9 Å². The van der Waals surface area contributed by atoms with Gasteiger partial charge in [0.1, 0.15) is 12.4 Å². The summed E-state index contributed by atoms with van der Waals surface area (Å²) >= 11 is 0. The first-order valence-electron chi connectivity index (χ1n) is 9.30. The van der Waals surface area contributed by atoms with Crippen molar-refractivity contribution in [3.63, 3.8) is 0 Å². The number of hydrogen-bond donors (Lipinski definition) is 1. The van der Waals surface area contributed by atoms with Crippen LogP contribution in [0.1, 0.15) is 32.8 Å². The van der Waals surface area contributed by atoms with Crippen LogP contribution in [0.15, 0.2) is 29.3 Å². The number of aliphatic imine (C=N–C) groups is 1. The van der Waals surface area contributed by atoms with Crippen molar-refractivity contribution in [3.05, 3.63) is 29.8 Å². The largest absolute Gasteiger partial charge is 0.492 e. The number of rotatable bonds is 7. The number of ether oxygens (including phenoxy) is 1. The van der Waals surface area contributed by atoms with Crippen LogP contribution in [0.4, 0.5) is 0 Å². The monoisotopic (exact) mass is 474 g/mol. The molecule has 0 unspecified atom stereocenters. The third-order valence-corrected chi connectivity index (χ3v) is 4.48. The molecule has 1 heterocycles. The molecule has 2 rings (SSSR count). The molecule has 0 radical (unpaired) electrons. The molecule has 1 aliphatic heterocycles. The maximum absolute atomic E-state index is 5.95. The van der Waals surface area contributed by atoms with Crippen LogP contribution in [0, 0.1) is 5.41 Å². The SMILES string of the molecule is CCNC(=NCc1ccccc1OCCN(C)C)N1CCC(C)(C)C1.I. The Kier molecular flexibility index (Phi) is 9.71. The van der Waals surface area contributed by atoms with Gasteiger partial charge in [-0.05, 0) is 38.9 Å². The molecule has 26 heavy (non-hydrogen) atoms. The third-order valence-electron chi connectivity index (χ3n) is 4.48. The first-order chi connectivity index (χ1) is 11.9. The Labute approximate surface area is 176 Å². The van der Waals surface area contributed by atoms with Gasteiger partial charge in [0.05, 0.1) is 6.54 Å². The fourth-order valence-corrected chi connectivity index (χ4v) is 2.99. The van der Waals surface area contributed by atoms with E-state index in [0.717, 1.165) is 43.5 Å². The van der Waals surface area contributed by atoms with Crippen LogP contribution in [0.2, 0.25) is 0 Å². The summed E-state index contributed by atoms with van der Waals surface area (Å²) in [4.78, 5) is 9.37. The number of halogens is 1. The average Bonchev–Trinajstić information content (AvgIpc) is 2.92. The van der Waals surface area contributed by atoms with E-state index < -0.39 is 0 Å². The molecule has 1 fully saturated rings. The number of nitrogens with one attached hydrogen (secondary N) is 1. The zero-order chi connectivity index (χ0) is 18.3. The van der Waals surface area contributed by atoms with Gasteiger partial charge in [0, 0.05) is 31.7 Å². The van der Waals surface area contributed by atoms with E-state index in [9.17, 15) is 0 Å². The predicted molar refractivity (Wildman–Crippen MR) is 121 cm³/mol. The van der Waals surface area contributed by atoms with E-state index in [1.54, 1.807) is 0 Å². The van der Waals surface area contributed by atoms with Crippen molar-refractivity contribution < 1.29 is 4.74 Å². The predicted octanol–water partition coefficient (Wildman–Crippen LogP) is 3.44. The lowest BCUT2D eigenvalue weighted by atomic mass is 9.93. The highest BCUT2D eigenvalue weighted by molar-refractivity contribution is 14.0. The minimum atomic E-state index is 0. The van der Waals surface area contributed by atoms with Crippen molar-refractivity contribution in [3.8, 4) is 5.75 Å². The van der Waals surface area contributed by atoms with Crippen molar-refractivity contribution in [2.45, 2.75) is 33.7 Å². The summed E-state index contributed by atoms with van der Waals surface area (Å²) in [7, 11) is 4.11. The summed E-state index contributed by atoms with van der Waals surface area (Å²) in [5, 5.41) is 3.44. The molecule has 0 atom stereocenters. The van der Waals surface area contributed by atoms with E-state index in [0.29, 0.717) is 18.6 Å². The third kappa shape index (κ3) is 7.31. The van der Waals surface area contributed by atoms with Crippen LogP contribution < -0.4 is 10.1 Å². The maximum Gasteiger partial charge on any atom is 0.194 e. The Bertz CT molecular complexity index is 575. The lowest BCUT2D eigenvalue weighted by molar-refractivity contribution is 0.259. The average molecular weight is 474 g/mol. The van der Waals surface area contributed by atoms with E-state index in [1.807, 2.05) is 12.1 Å². The van der Waals surface area contributed by atoms with Gasteiger partial charge in [-0.3, -0.25) is 0 Å². The molecule has 0 amide bonds. The topological polar surface area (TPSA) is 40.1 Å². The molecule has 148 valence electrons. The summed E-state index contributed by atoms with van der Waals surface area (Å²) in [5.74, 6) is 1.95. The highest BCUT2D eigenvalue weighted by Gasteiger charge is 2.30. The molecule has 0 spiro atoms. The van der Waals surface area contributed by atoms with Crippen molar-refractivity contribution in [2.75, 3.05) is 46.9 Å². The molecular formula is C20H35IN4O. The molecule has 6 heteroatoms. The quantitative estimate of drug-likeness (QED) is 0.374. The molecule has 1 aromatic carbocycles. The van der Waals surface area contributed by atoms with Gasteiger partial charge in [0.2, 0.25) is 0 Å². The molecule has 1 aliphatic rings. The summed E-state index contributed by atoms with van der Waals surface area (Å²) in [6, 6.07) is 8.21. The number of benzene rings is 1. The highest BCUT2D eigenvalue weighted by atomic mass is 127. The van der Waals surface area contributed by atoms with Crippen LogP contribution in [0.5, 0.6) is 5.75 Å². The van der Waals surface area contributed by atoms with Crippen molar-refractivity contribution in [1.82, 2.24) is 15.1 Å². The van der Waals surface area contributed by atoms with E-state index in [4.69, 9.17) is 9.73 Å². The summed E-state index contributed by atoms with van der Waals surface area (Å²) in [5.41, 5.74) is 1.50. The van der Waals surface area contributed by atoms with Crippen LogP contribution in [0.3, 0.4) is 0 Å². The minimum Gasteiger partial charge on any atom is -0.492 e. The molecular weight excluding hydrogens is 439 g/mol. The van der Waals surface area contributed by atoms with Crippen molar-refractivity contribution in [1.29, 1.82) is 0 Å². The van der Waals surface area contributed by atoms with Crippen LogP contribution in [-0.4, -0.2) is 62.6 Å². The fourth-order valence-electron chi connectivity index (χ4n) is 2.99. The number of nitrogens with zero attached hydrogens (tertiary/aromatic N) is 3. The Balaban J connectivity index is 0.00000338. The number of guanidine groups is 1. The van der Waals surface area contributed by atoms with Gasteiger partial charge in [0.15, 0.2) is 5.96 Å². The van der Waals surface area contributed by atoms with E-state index in [1.165, 1.54) is 6.42 Å². The molecule has 5 nitrogen and oxygen atoms in total. The number of likely N-dealkylation sites (N-methyl/N-ethyl adjacent to an activating group) is 1. The molecule has 1 N–H and O–H groups in total. The second-order valence-electron chi connectivity index (χ2n) is 7.77. The summed E-state index contributed by atoms with van der Waals surface area (Å²) < 4.78 is 5.95. The smallest absolute Gasteiger partial charge is 0.194 e. The van der Waals surface area contributed by atoms with Gasteiger partial charge >= 0.3 is 0 Å². The van der Waals surface area contributed by atoms with Gasteiger partial charge in [-0.2, -0.15) is 0 Å². The number of likely N-dealkylation sites (tertiary alicyclic amines) is 1. The van der Waals surface area contributed by atoms with E-state index >= 15 is 0 Å². The molecule has 1 saturated heterocycles. The van der Waals surface area contributed by atoms with Gasteiger partial charge in [-0.25, -0.2) is 4.99 Å². The van der Waals surface area contributed by atoms with Crippen LogP contribution in [0.25, 0.3) is 0 Å². The highest BCUT2D eigenvalue weighted by Crippen LogP contribution is 2.29. The normalized spacial score (nSPS) is 16.5. The molecule has 0 aromatic heterocycles. The van der Waals surface area contributed by atoms with Gasteiger partial charge in [-0.1, -0.05) is 32.0 Å². The first-order valence-corrected chi connectivity index (χ1v) is 9.30. The lowest BCUT2D eigenvalue weighted by Gasteiger charge is -2.23. The zero-order valence-corrected chi connectivity index (χ0v) is 19.2. The summed E-state index contributed by atoms with van der Waals surface area (Å²) in [6.07, 6.45) is 1.21. The maximum atomic E-state index is 5.95. The first kappa shape index (κ1) is 23.0. The van der Waals surface area contributed by atoms with E-state index in [-0.39, 0.29) is 24.0 Å². The summed E-state index contributed by atoms with van der Waals surface area (Å²) in [6.45, 7) is 12.0. The second kappa shape index (κ2) is 11.0. The molecule has 0 saturated carbocycles. The standard InChI is InChI=1S/C20H34N4O.HI/c1-6-21-19(24-12-11-20(2,3)16-24)22-15-17-9-7-8-10-18(17)25-14-13-23(4)5;/h7-10H,6,11-16H2,1-5H3,(H,21,22);1H. The Morgan fingerprint density at radius 2 is 2.04 bits per heavy atom. The Morgan fingerprint density at radius 1 is 1.31 bits per heavy atom. The Hall–Kier alpha value is -1.02. The molecule has 0 bridgehead atoms. The van der Waals surface area contributed by atoms with Gasteiger partial charge in [-0.15, -0.1) is 24.0 Å². The van der Waals surface area contributed by atoms with E-state index in [2.05, 4.69) is 62.1 Å². The molecule has 1 aromatic rings. The number of hydrogen-bond acceptors (Lipinski definition) is 3. The zero-order valence-electron chi connectivity index (χ0n) is 16.9. The van der Waals surface area contributed by atoms with Crippen molar-refractivity contribution in [2.24, 2.45) is 10.4 Å². The number of para-hydroxylation sites is 1.